The highest BCUT2D eigenvalue weighted by molar-refractivity contribution is 7.91. The van der Waals surface area contributed by atoms with Crippen LogP contribution in [0.25, 0.3) is 0 Å². The maximum atomic E-state index is 12.5. The number of hydrogen-bond donors (Lipinski definition) is 1. The van der Waals surface area contributed by atoms with E-state index in [4.69, 9.17) is 9.31 Å². The summed E-state index contributed by atoms with van der Waals surface area (Å²) in [4.78, 5) is 0.128. The minimum Gasteiger partial charge on any atom is -0.399 e. The van der Waals surface area contributed by atoms with Crippen molar-refractivity contribution in [3.63, 3.8) is 0 Å². The monoisotopic (exact) mass is 415 g/mol. The molecule has 0 aliphatic carbocycles. The van der Waals surface area contributed by atoms with Crippen molar-refractivity contribution in [1.82, 2.24) is 4.72 Å². The van der Waals surface area contributed by atoms with E-state index in [0.717, 1.165) is 5.46 Å². The van der Waals surface area contributed by atoms with E-state index in [2.05, 4.69) is 4.72 Å². The van der Waals surface area contributed by atoms with Crippen LogP contribution in [0.4, 0.5) is 0 Å². The van der Waals surface area contributed by atoms with Gasteiger partial charge >= 0.3 is 7.12 Å². The third kappa shape index (κ3) is 4.40. The summed E-state index contributed by atoms with van der Waals surface area (Å²) in [6.45, 7) is 7.95. The molecule has 1 N–H and O–H groups in total. The lowest BCUT2D eigenvalue weighted by atomic mass is 9.79. The standard InChI is InChI=1S/C17H26BNO6S2/c1-16(2)17(3,4)25-18(24-16)14-5-7-15(8-6-14)27(22,23)19-11-13-9-10-26(20,21)12-13/h5-8,13,19H,9-12H2,1-4H3. The zero-order valence-electron chi connectivity index (χ0n) is 16.1. The van der Waals surface area contributed by atoms with Gasteiger partial charge in [-0.2, -0.15) is 0 Å². The summed E-state index contributed by atoms with van der Waals surface area (Å²) < 4.78 is 62.4. The molecule has 0 aromatic heterocycles. The summed E-state index contributed by atoms with van der Waals surface area (Å²) >= 11 is 0. The van der Waals surface area contributed by atoms with Crippen LogP contribution in [0.15, 0.2) is 29.2 Å². The number of sulfonamides is 1. The Morgan fingerprint density at radius 3 is 2.15 bits per heavy atom. The maximum absolute atomic E-state index is 12.5. The Morgan fingerprint density at radius 2 is 1.67 bits per heavy atom. The minimum atomic E-state index is -3.70. The molecule has 2 aliphatic rings. The number of sulfone groups is 1. The fourth-order valence-electron chi connectivity index (χ4n) is 3.13. The van der Waals surface area contributed by atoms with Gasteiger partial charge in [0.25, 0.3) is 0 Å². The van der Waals surface area contributed by atoms with E-state index in [9.17, 15) is 16.8 Å². The Morgan fingerprint density at radius 1 is 1.11 bits per heavy atom. The third-order valence-corrected chi connectivity index (χ3v) is 8.88. The number of hydrogen-bond acceptors (Lipinski definition) is 6. The Balaban J connectivity index is 1.66. The Kier molecular flexibility index (Phi) is 5.27. The van der Waals surface area contributed by atoms with E-state index in [1.54, 1.807) is 12.1 Å². The van der Waals surface area contributed by atoms with Crippen LogP contribution in [0.3, 0.4) is 0 Å². The van der Waals surface area contributed by atoms with Crippen molar-refractivity contribution in [3.05, 3.63) is 24.3 Å². The van der Waals surface area contributed by atoms with Gasteiger partial charge in [0, 0.05) is 6.54 Å². The zero-order valence-corrected chi connectivity index (χ0v) is 17.7. The van der Waals surface area contributed by atoms with Crippen molar-refractivity contribution in [1.29, 1.82) is 0 Å². The highest BCUT2D eigenvalue weighted by atomic mass is 32.2. The Labute approximate surface area is 161 Å². The van der Waals surface area contributed by atoms with Gasteiger partial charge in [-0.15, -0.1) is 0 Å². The molecule has 0 radical (unpaired) electrons. The van der Waals surface area contributed by atoms with E-state index < -0.39 is 38.2 Å². The second-order valence-corrected chi connectivity index (χ2v) is 12.3. The summed E-state index contributed by atoms with van der Waals surface area (Å²) in [5, 5.41) is 0. The van der Waals surface area contributed by atoms with Gasteiger partial charge in [0.2, 0.25) is 10.0 Å². The summed E-state index contributed by atoms with van der Waals surface area (Å²) in [5.41, 5.74) is -0.188. The summed E-state index contributed by atoms with van der Waals surface area (Å²) in [6.07, 6.45) is 0.492. The molecule has 1 aromatic carbocycles. The molecule has 10 heteroatoms. The molecule has 1 aromatic rings. The topological polar surface area (TPSA) is 98.8 Å². The van der Waals surface area contributed by atoms with Crippen molar-refractivity contribution in [3.8, 4) is 0 Å². The van der Waals surface area contributed by atoms with Gasteiger partial charge in [-0.1, -0.05) is 12.1 Å². The molecule has 1 atom stereocenters. The SMILES string of the molecule is CC1(C)OB(c2ccc(S(=O)(=O)NCC3CCS(=O)(=O)C3)cc2)OC1(C)C. The van der Waals surface area contributed by atoms with Gasteiger partial charge in [0.1, 0.15) is 0 Å². The summed E-state index contributed by atoms with van der Waals surface area (Å²) in [6, 6.07) is 6.37. The van der Waals surface area contributed by atoms with E-state index in [0.29, 0.717) is 6.42 Å². The molecule has 0 bridgehead atoms. The lowest BCUT2D eigenvalue weighted by Crippen LogP contribution is -2.41. The van der Waals surface area contributed by atoms with Crippen LogP contribution in [0.1, 0.15) is 34.1 Å². The van der Waals surface area contributed by atoms with E-state index >= 15 is 0 Å². The first-order chi connectivity index (χ1) is 12.3. The van der Waals surface area contributed by atoms with Gasteiger partial charge in [0.15, 0.2) is 9.84 Å². The molecule has 27 heavy (non-hydrogen) atoms. The second-order valence-electron chi connectivity index (χ2n) is 8.28. The quantitative estimate of drug-likeness (QED) is 0.711. The third-order valence-electron chi connectivity index (χ3n) is 5.60. The van der Waals surface area contributed by atoms with Crippen LogP contribution in [0.2, 0.25) is 0 Å². The van der Waals surface area contributed by atoms with Gasteiger partial charge < -0.3 is 9.31 Å². The summed E-state index contributed by atoms with van der Waals surface area (Å²) in [7, 11) is -7.27. The lowest BCUT2D eigenvalue weighted by molar-refractivity contribution is 0.00578. The van der Waals surface area contributed by atoms with Crippen LogP contribution < -0.4 is 10.2 Å². The Bertz CT molecular complexity index is 893. The molecule has 2 fully saturated rings. The minimum absolute atomic E-state index is 0.0381. The maximum Gasteiger partial charge on any atom is 0.494 e. The zero-order chi connectivity index (χ0) is 20.1. The van der Waals surface area contributed by atoms with Gasteiger partial charge in [-0.05, 0) is 57.6 Å². The first-order valence-electron chi connectivity index (χ1n) is 8.97. The first kappa shape index (κ1) is 20.8. The van der Waals surface area contributed by atoms with Gasteiger partial charge in [-0.25, -0.2) is 21.6 Å². The first-order valence-corrected chi connectivity index (χ1v) is 12.3. The average Bonchev–Trinajstić information content (AvgIpc) is 3.01. The molecule has 2 saturated heterocycles. The molecule has 1 unspecified atom stereocenters. The fraction of sp³-hybridized carbons (Fsp3) is 0.647. The average molecular weight is 415 g/mol. The molecule has 0 amide bonds. The van der Waals surface area contributed by atoms with Crippen LogP contribution in [-0.4, -0.2) is 53.2 Å². The van der Waals surface area contributed by atoms with Crippen LogP contribution in [-0.2, 0) is 29.2 Å². The van der Waals surface area contributed by atoms with Crippen LogP contribution >= 0.6 is 0 Å². The van der Waals surface area contributed by atoms with Crippen molar-refractivity contribution in [2.24, 2.45) is 5.92 Å². The molecule has 3 rings (SSSR count). The molecule has 0 spiro atoms. The largest absolute Gasteiger partial charge is 0.494 e. The van der Waals surface area contributed by atoms with Crippen molar-refractivity contribution >= 4 is 32.4 Å². The molecule has 150 valence electrons. The number of nitrogens with one attached hydrogen (secondary N) is 1. The predicted octanol–water partition coefficient (Wildman–Crippen LogP) is 0.699. The second kappa shape index (κ2) is 6.84. The van der Waals surface area contributed by atoms with Crippen molar-refractivity contribution in [2.75, 3.05) is 18.1 Å². The van der Waals surface area contributed by atoms with E-state index in [1.807, 2.05) is 27.7 Å². The smallest absolute Gasteiger partial charge is 0.399 e. The van der Waals surface area contributed by atoms with Gasteiger partial charge in [-0.3, -0.25) is 0 Å². The number of rotatable bonds is 5. The molecule has 7 nitrogen and oxygen atoms in total. The molecule has 0 saturated carbocycles. The highest BCUT2D eigenvalue weighted by Crippen LogP contribution is 2.36. The Hall–Kier alpha value is -0.935. The van der Waals surface area contributed by atoms with Crippen LogP contribution in [0, 0.1) is 5.92 Å². The lowest BCUT2D eigenvalue weighted by Gasteiger charge is -2.32. The molecular formula is C17H26BNO6S2. The fourth-order valence-corrected chi connectivity index (χ4v) is 6.11. The van der Waals surface area contributed by atoms with Gasteiger partial charge in [0.05, 0.1) is 27.6 Å². The summed E-state index contributed by atoms with van der Waals surface area (Å²) in [5.74, 6) is -0.00717. The normalized spacial score (nSPS) is 26.4. The highest BCUT2D eigenvalue weighted by Gasteiger charge is 2.51. The van der Waals surface area contributed by atoms with E-state index in [-0.39, 0.29) is 28.9 Å². The molecular weight excluding hydrogens is 389 g/mol. The predicted molar refractivity (Wildman–Crippen MR) is 104 cm³/mol. The van der Waals surface area contributed by atoms with E-state index in [1.165, 1.54) is 12.1 Å². The molecule has 2 aliphatic heterocycles. The molecule has 2 heterocycles. The number of benzene rings is 1. The van der Waals surface area contributed by atoms with Crippen LogP contribution in [0.5, 0.6) is 0 Å². The van der Waals surface area contributed by atoms with Crippen molar-refractivity contribution < 1.29 is 26.1 Å². The van der Waals surface area contributed by atoms with Crippen molar-refractivity contribution in [2.45, 2.75) is 50.2 Å².